The van der Waals surface area contributed by atoms with Crippen LogP contribution in [0.4, 0.5) is 0 Å². The second-order valence-electron chi connectivity index (χ2n) is 8.03. The molecule has 1 fully saturated rings. The van der Waals surface area contributed by atoms with Gasteiger partial charge < -0.3 is 9.84 Å². The van der Waals surface area contributed by atoms with Crippen molar-refractivity contribution in [3.63, 3.8) is 0 Å². The molecule has 2 aliphatic rings. The number of rotatable bonds is 5. The van der Waals surface area contributed by atoms with Crippen LogP contribution in [0.2, 0.25) is 0 Å². The number of likely N-dealkylation sites (tertiary alicyclic amines) is 1. The zero-order valence-corrected chi connectivity index (χ0v) is 15.1. The monoisotopic (exact) mass is 356 g/mol. The third-order valence-corrected chi connectivity index (χ3v) is 5.30. The zero-order chi connectivity index (χ0) is 18.3. The van der Waals surface area contributed by atoms with Crippen LogP contribution in [0.3, 0.4) is 0 Å². The molecule has 138 valence electrons. The van der Waals surface area contributed by atoms with E-state index in [0.29, 0.717) is 0 Å². The maximum absolute atomic E-state index is 11.2. The number of aromatic nitrogens is 3. The van der Waals surface area contributed by atoms with Crippen LogP contribution in [0.5, 0.6) is 5.75 Å². The Balaban J connectivity index is 1.48. The van der Waals surface area contributed by atoms with Crippen LogP contribution < -0.4 is 4.74 Å². The average molecular weight is 356 g/mol. The predicted octanol–water partition coefficient (Wildman–Crippen LogP) is 2.21. The van der Waals surface area contributed by atoms with Gasteiger partial charge in [0.25, 0.3) is 0 Å². The second-order valence-corrected chi connectivity index (χ2v) is 8.03. The number of hydrogen-bond acceptors (Lipinski definition) is 5. The number of hydrogen-bond donors (Lipinski definition) is 2. The van der Waals surface area contributed by atoms with E-state index in [9.17, 15) is 9.90 Å². The van der Waals surface area contributed by atoms with Gasteiger partial charge in [0.15, 0.2) is 0 Å². The maximum Gasteiger partial charge on any atom is 0.303 e. The van der Waals surface area contributed by atoms with Crippen LogP contribution in [-0.2, 0) is 17.8 Å². The SMILES string of the molecule is CC1(C)Cc2cc(CN3C[C@H](CC(=O)O)[C@H](c4cn[nH]n4)C3)ccc2O1. The van der Waals surface area contributed by atoms with E-state index < -0.39 is 5.97 Å². The lowest BCUT2D eigenvalue weighted by Crippen LogP contribution is -2.24. The van der Waals surface area contributed by atoms with Crippen LogP contribution >= 0.6 is 0 Å². The molecular formula is C19H24N4O3. The van der Waals surface area contributed by atoms with Gasteiger partial charge in [-0.3, -0.25) is 9.69 Å². The molecule has 2 aliphatic heterocycles. The van der Waals surface area contributed by atoms with Gasteiger partial charge in [-0.05, 0) is 37.0 Å². The number of nitrogens with one attached hydrogen (secondary N) is 1. The second kappa shape index (κ2) is 6.39. The maximum atomic E-state index is 11.2. The molecule has 2 aromatic rings. The smallest absolute Gasteiger partial charge is 0.303 e. The molecule has 1 aromatic carbocycles. The van der Waals surface area contributed by atoms with Gasteiger partial charge in [-0.15, -0.1) is 0 Å². The van der Waals surface area contributed by atoms with Crippen molar-refractivity contribution >= 4 is 5.97 Å². The number of carbonyl (C=O) groups is 1. The quantitative estimate of drug-likeness (QED) is 0.853. The lowest BCUT2D eigenvalue weighted by atomic mass is 9.91. The van der Waals surface area contributed by atoms with Crippen LogP contribution in [0.15, 0.2) is 24.4 Å². The number of fused-ring (bicyclic) bond motifs is 1. The highest BCUT2D eigenvalue weighted by Gasteiger charge is 2.37. The lowest BCUT2D eigenvalue weighted by molar-refractivity contribution is -0.138. The minimum Gasteiger partial charge on any atom is -0.487 e. The standard InChI is InChI=1S/C19H24N4O3/c1-19(2)7-13-5-12(3-4-17(13)26-19)9-23-10-14(6-18(24)25)15(11-23)16-8-20-22-21-16/h3-5,8,14-15H,6-7,9-11H2,1-2H3,(H,24,25)(H,20,21,22)/t14-,15+/m0/s1. The highest BCUT2D eigenvalue weighted by atomic mass is 16.5. The molecular weight excluding hydrogens is 332 g/mol. The fourth-order valence-electron chi connectivity index (χ4n) is 4.26. The summed E-state index contributed by atoms with van der Waals surface area (Å²) in [4.78, 5) is 13.6. The Morgan fingerprint density at radius 3 is 3.00 bits per heavy atom. The fourth-order valence-corrected chi connectivity index (χ4v) is 4.26. The van der Waals surface area contributed by atoms with E-state index in [1.807, 2.05) is 0 Å². The van der Waals surface area contributed by atoms with Gasteiger partial charge in [-0.1, -0.05) is 12.1 Å². The summed E-state index contributed by atoms with van der Waals surface area (Å²) in [6.45, 7) is 6.56. The van der Waals surface area contributed by atoms with E-state index in [1.165, 1.54) is 11.1 Å². The third-order valence-electron chi connectivity index (χ3n) is 5.30. The first-order valence-electron chi connectivity index (χ1n) is 9.00. The van der Waals surface area contributed by atoms with E-state index in [0.717, 1.165) is 37.5 Å². The van der Waals surface area contributed by atoms with Crippen LogP contribution in [0.25, 0.3) is 0 Å². The number of aliphatic carboxylic acids is 1. The first-order chi connectivity index (χ1) is 12.4. The molecule has 0 unspecified atom stereocenters. The van der Waals surface area contributed by atoms with Gasteiger partial charge in [-0.25, -0.2) is 0 Å². The lowest BCUT2D eigenvalue weighted by Gasteiger charge is -2.16. The van der Waals surface area contributed by atoms with Crippen molar-refractivity contribution in [3.8, 4) is 5.75 Å². The first-order valence-corrected chi connectivity index (χ1v) is 9.00. The van der Waals surface area contributed by atoms with Gasteiger partial charge in [0, 0.05) is 32.0 Å². The van der Waals surface area contributed by atoms with Crippen molar-refractivity contribution in [2.45, 2.75) is 44.8 Å². The Hall–Kier alpha value is -2.41. The summed E-state index contributed by atoms with van der Waals surface area (Å²) in [7, 11) is 0. The number of carboxylic acids is 1. The molecule has 7 heteroatoms. The van der Waals surface area contributed by atoms with Crippen molar-refractivity contribution in [1.29, 1.82) is 0 Å². The van der Waals surface area contributed by atoms with Crippen molar-refractivity contribution in [1.82, 2.24) is 20.3 Å². The molecule has 1 aromatic heterocycles. The molecule has 0 saturated carbocycles. The summed E-state index contributed by atoms with van der Waals surface area (Å²) in [5.74, 6) is 0.363. The summed E-state index contributed by atoms with van der Waals surface area (Å²) in [5, 5.41) is 20.0. The zero-order valence-electron chi connectivity index (χ0n) is 15.1. The summed E-state index contributed by atoms with van der Waals surface area (Å²) in [6, 6.07) is 6.38. The van der Waals surface area contributed by atoms with Crippen LogP contribution in [0, 0.1) is 5.92 Å². The van der Waals surface area contributed by atoms with E-state index in [4.69, 9.17) is 4.74 Å². The number of aromatic amines is 1. The van der Waals surface area contributed by atoms with E-state index in [2.05, 4.69) is 52.4 Å². The molecule has 0 aliphatic carbocycles. The van der Waals surface area contributed by atoms with Gasteiger partial charge in [-0.2, -0.15) is 15.4 Å². The van der Waals surface area contributed by atoms with Crippen molar-refractivity contribution in [2.75, 3.05) is 13.1 Å². The highest BCUT2D eigenvalue weighted by molar-refractivity contribution is 5.67. The van der Waals surface area contributed by atoms with E-state index in [-0.39, 0.29) is 23.9 Å². The molecule has 1 saturated heterocycles. The van der Waals surface area contributed by atoms with Gasteiger partial charge in [0.05, 0.1) is 18.3 Å². The topological polar surface area (TPSA) is 91.3 Å². The minimum absolute atomic E-state index is 0.0503. The number of nitrogens with zero attached hydrogens (tertiary/aromatic N) is 3. The number of carboxylic acid groups (broad SMARTS) is 1. The molecule has 4 rings (SSSR count). The molecule has 26 heavy (non-hydrogen) atoms. The Labute approximate surface area is 152 Å². The van der Waals surface area contributed by atoms with Crippen molar-refractivity contribution in [2.24, 2.45) is 5.92 Å². The minimum atomic E-state index is -0.762. The van der Waals surface area contributed by atoms with Crippen LogP contribution in [0.1, 0.15) is 43.0 Å². The van der Waals surface area contributed by atoms with Crippen LogP contribution in [-0.4, -0.2) is 50.1 Å². The van der Waals surface area contributed by atoms with E-state index >= 15 is 0 Å². The fraction of sp³-hybridized carbons (Fsp3) is 0.526. The third kappa shape index (κ3) is 3.44. The summed E-state index contributed by atoms with van der Waals surface area (Å²) >= 11 is 0. The number of H-pyrrole nitrogens is 1. The largest absolute Gasteiger partial charge is 0.487 e. The Bertz CT molecular complexity index is 803. The molecule has 0 radical (unpaired) electrons. The molecule has 3 heterocycles. The predicted molar refractivity (Wildman–Crippen MR) is 95.0 cm³/mol. The normalized spacial score (nSPS) is 24.4. The molecule has 0 bridgehead atoms. The van der Waals surface area contributed by atoms with Crippen molar-refractivity contribution in [3.05, 3.63) is 41.2 Å². The molecule has 2 atom stereocenters. The van der Waals surface area contributed by atoms with E-state index in [1.54, 1.807) is 6.20 Å². The first kappa shape index (κ1) is 17.0. The van der Waals surface area contributed by atoms with Gasteiger partial charge in [0.1, 0.15) is 11.4 Å². The molecule has 2 N–H and O–H groups in total. The summed E-state index contributed by atoms with van der Waals surface area (Å²) < 4.78 is 5.95. The molecule has 0 amide bonds. The van der Waals surface area contributed by atoms with Gasteiger partial charge in [0.2, 0.25) is 0 Å². The Morgan fingerprint density at radius 2 is 2.27 bits per heavy atom. The summed E-state index contributed by atoms with van der Waals surface area (Å²) in [6.07, 6.45) is 2.78. The molecule has 7 nitrogen and oxygen atoms in total. The highest BCUT2D eigenvalue weighted by Crippen LogP contribution is 2.37. The number of ether oxygens (including phenoxy) is 1. The average Bonchev–Trinajstić information content (AvgIpc) is 3.24. The number of benzene rings is 1. The van der Waals surface area contributed by atoms with Crippen molar-refractivity contribution < 1.29 is 14.6 Å². The Kier molecular flexibility index (Phi) is 4.19. The molecule has 0 spiro atoms. The van der Waals surface area contributed by atoms with Gasteiger partial charge >= 0.3 is 5.97 Å². The Morgan fingerprint density at radius 1 is 1.42 bits per heavy atom. The summed E-state index contributed by atoms with van der Waals surface area (Å²) in [5.41, 5.74) is 3.20.